The predicted molar refractivity (Wildman–Crippen MR) is 72.9 cm³/mol. The van der Waals surface area contributed by atoms with E-state index in [2.05, 4.69) is 22.8 Å². The van der Waals surface area contributed by atoms with Crippen LogP contribution in [0, 0.1) is 0 Å². The first-order valence-corrected chi connectivity index (χ1v) is 6.66. The van der Waals surface area contributed by atoms with Crippen molar-refractivity contribution in [2.45, 2.75) is 24.9 Å². The van der Waals surface area contributed by atoms with Gasteiger partial charge in [0.05, 0.1) is 7.11 Å². The van der Waals surface area contributed by atoms with Crippen LogP contribution in [0.1, 0.15) is 36.0 Å². The number of esters is 1. The average Bonchev–Trinajstić information content (AvgIpc) is 2.46. The van der Waals surface area contributed by atoms with Crippen LogP contribution >= 0.6 is 0 Å². The number of nitrogens with zero attached hydrogens (tertiary/aromatic N) is 1. The fourth-order valence-electron chi connectivity index (χ4n) is 2.57. The number of carbonyl (C=O) groups is 1. The van der Waals surface area contributed by atoms with Gasteiger partial charge in [-0.1, -0.05) is 24.3 Å². The van der Waals surface area contributed by atoms with Gasteiger partial charge in [-0.15, -0.1) is 0 Å². The minimum atomic E-state index is -1.18. The van der Waals surface area contributed by atoms with Crippen LogP contribution in [0.3, 0.4) is 0 Å². The molecule has 1 saturated heterocycles. The summed E-state index contributed by atoms with van der Waals surface area (Å²) in [6, 6.07) is 7.66. The first-order valence-electron chi connectivity index (χ1n) is 6.66. The van der Waals surface area contributed by atoms with Crippen LogP contribution in [0.4, 0.5) is 0 Å². The van der Waals surface area contributed by atoms with E-state index in [1.165, 1.54) is 12.7 Å². The molecule has 2 rings (SSSR count). The van der Waals surface area contributed by atoms with Crippen LogP contribution in [-0.2, 0) is 9.53 Å². The van der Waals surface area contributed by atoms with E-state index in [1.807, 2.05) is 12.1 Å². The average molecular weight is 263 g/mol. The molecular weight excluding hydrogens is 242 g/mol. The molecule has 19 heavy (non-hydrogen) atoms. The zero-order valence-electron chi connectivity index (χ0n) is 11.5. The molecular formula is C15H21NO3. The minimum Gasteiger partial charge on any atom is -0.467 e. The Kier molecular flexibility index (Phi) is 4.56. The van der Waals surface area contributed by atoms with Crippen molar-refractivity contribution in [1.29, 1.82) is 0 Å². The molecule has 0 spiro atoms. The van der Waals surface area contributed by atoms with Gasteiger partial charge in [0.2, 0.25) is 0 Å². The third-order valence-electron chi connectivity index (χ3n) is 3.84. The van der Waals surface area contributed by atoms with Gasteiger partial charge in [0.1, 0.15) is 0 Å². The number of aliphatic hydroxyl groups excluding tert-OH is 1. The summed E-state index contributed by atoms with van der Waals surface area (Å²) in [5.41, 5.74) is 1.82. The highest BCUT2D eigenvalue weighted by molar-refractivity contribution is 5.76. The van der Waals surface area contributed by atoms with Gasteiger partial charge in [0.25, 0.3) is 0 Å². The maximum Gasteiger partial charge on any atom is 0.339 e. The normalized spacial score (nSPS) is 19.1. The van der Waals surface area contributed by atoms with Crippen LogP contribution < -0.4 is 0 Å². The van der Waals surface area contributed by atoms with E-state index in [1.54, 1.807) is 6.07 Å². The lowest BCUT2D eigenvalue weighted by Gasteiger charge is -2.29. The van der Waals surface area contributed by atoms with Crippen LogP contribution in [-0.4, -0.2) is 43.2 Å². The highest BCUT2D eigenvalue weighted by Crippen LogP contribution is 2.29. The number of carbonyl (C=O) groups excluding carboxylic acids is 1. The molecule has 4 heteroatoms. The van der Waals surface area contributed by atoms with Crippen molar-refractivity contribution in [3.8, 4) is 0 Å². The number of hydrogen-bond donors (Lipinski definition) is 1. The van der Waals surface area contributed by atoms with E-state index in [0.29, 0.717) is 11.5 Å². The molecule has 1 aliphatic rings. The third kappa shape index (κ3) is 3.33. The SMILES string of the molecule is COC(=O)C(O)c1cccc(C2CCN(C)CC2)c1. The second kappa shape index (κ2) is 6.17. The van der Waals surface area contributed by atoms with Crippen molar-refractivity contribution in [2.75, 3.05) is 27.2 Å². The molecule has 0 radical (unpaired) electrons. The second-order valence-electron chi connectivity index (χ2n) is 5.17. The molecule has 0 saturated carbocycles. The Labute approximate surface area is 114 Å². The Hall–Kier alpha value is -1.39. The summed E-state index contributed by atoms with van der Waals surface area (Å²) in [7, 11) is 3.42. The molecule has 1 N–H and O–H groups in total. The number of rotatable bonds is 3. The summed E-state index contributed by atoms with van der Waals surface area (Å²) in [5, 5.41) is 9.87. The summed E-state index contributed by atoms with van der Waals surface area (Å²) in [4.78, 5) is 13.7. The Morgan fingerprint density at radius 2 is 2.11 bits per heavy atom. The number of hydrogen-bond acceptors (Lipinski definition) is 4. The van der Waals surface area contributed by atoms with Gasteiger partial charge in [-0.2, -0.15) is 0 Å². The molecule has 1 aliphatic heterocycles. The molecule has 1 atom stereocenters. The van der Waals surface area contributed by atoms with Gasteiger partial charge < -0.3 is 14.7 Å². The standard InChI is InChI=1S/C15H21NO3/c1-16-8-6-11(7-9-16)12-4-3-5-13(10-12)14(17)15(18)19-2/h3-5,10-11,14,17H,6-9H2,1-2H3. The van der Waals surface area contributed by atoms with Gasteiger partial charge in [-0.05, 0) is 50.0 Å². The Balaban J connectivity index is 2.13. The fourth-order valence-corrected chi connectivity index (χ4v) is 2.57. The van der Waals surface area contributed by atoms with Gasteiger partial charge in [-0.25, -0.2) is 4.79 Å². The zero-order valence-corrected chi connectivity index (χ0v) is 11.5. The quantitative estimate of drug-likeness (QED) is 0.843. The van der Waals surface area contributed by atoms with E-state index < -0.39 is 12.1 Å². The van der Waals surface area contributed by atoms with Crippen LogP contribution in [0.2, 0.25) is 0 Å². The summed E-state index contributed by atoms with van der Waals surface area (Å²) in [6.07, 6.45) is 1.05. The fraction of sp³-hybridized carbons (Fsp3) is 0.533. The smallest absolute Gasteiger partial charge is 0.339 e. The molecule has 4 nitrogen and oxygen atoms in total. The number of piperidine rings is 1. The summed E-state index contributed by atoms with van der Waals surface area (Å²) in [6.45, 7) is 2.18. The molecule has 0 amide bonds. The van der Waals surface area contributed by atoms with Gasteiger partial charge >= 0.3 is 5.97 Å². The summed E-state index contributed by atoms with van der Waals surface area (Å²) < 4.78 is 4.57. The van der Waals surface area contributed by atoms with Crippen molar-refractivity contribution in [1.82, 2.24) is 4.90 Å². The van der Waals surface area contributed by atoms with Gasteiger partial charge in [0, 0.05) is 0 Å². The number of methoxy groups -OCH3 is 1. The van der Waals surface area contributed by atoms with Crippen molar-refractivity contribution in [3.63, 3.8) is 0 Å². The van der Waals surface area contributed by atoms with E-state index in [4.69, 9.17) is 0 Å². The zero-order chi connectivity index (χ0) is 13.8. The molecule has 1 fully saturated rings. The molecule has 1 heterocycles. The van der Waals surface area contributed by atoms with E-state index in [-0.39, 0.29) is 0 Å². The minimum absolute atomic E-state index is 0.515. The summed E-state index contributed by atoms with van der Waals surface area (Å²) in [5.74, 6) is -0.0958. The highest BCUT2D eigenvalue weighted by atomic mass is 16.5. The molecule has 1 unspecified atom stereocenters. The number of benzene rings is 1. The number of aliphatic hydroxyl groups is 1. The Morgan fingerprint density at radius 1 is 1.42 bits per heavy atom. The molecule has 0 aromatic heterocycles. The second-order valence-corrected chi connectivity index (χ2v) is 5.17. The van der Waals surface area contributed by atoms with Gasteiger partial charge in [0.15, 0.2) is 6.10 Å². The summed E-state index contributed by atoms with van der Waals surface area (Å²) >= 11 is 0. The van der Waals surface area contributed by atoms with Crippen LogP contribution in [0.5, 0.6) is 0 Å². The van der Waals surface area contributed by atoms with E-state index in [9.17, 15) is 9.90 Å². The number of ether oxygens (including phenoxy) is 1. The third-order valence-corrected chi connectivity index (χ3v) is 3.84. The molecule has 1 aromatic rings. The van der Waals surface area contributed by atoms with Gasteiger partial charge in [-0.3, -0.25) is 0 Å². The van der Waals surface area contributed by atoms with Crippen molar-refractivity contribution >= 4 is 5.97 Å². The lowest BCUT2D eigenvalue weighted by atomic mass is 9.88. The molecule has 104 valence electrons. The number of likely N-dealkylation sites (tertiary alicyclic amines) is 1. The largest absolute Gasteiger partial charge is 0.467 e. The Morgan fingerprint density at radius 3 is 2.74 bits per heavy atom. The van der Waals surface area contributed by atoms with Crippen LogP contribution in [0.15, 0.2) is 24.3 Å². The van der Waals surface area contributed by atoms with E-state index in [0.717, 1.165) is 25.9 Å². The lowest BCUT2D eigenvalue weighted by molar-refractivity contribution is -0.150. The first kappa shape index (κ1) is 14.0. The first-order chi connectivity index (χ1) is 9.11. The van der Waals surface area contributed by atoms with Crippen molar-refractivity contribution in [2.24, 2.45) is 0 Å². The van der Waals surface area contributed by atoms with E-state index >= 15 is 0 Å². The van der Waals surface area contributed by atoms with Crippen molar-refractivity contribution in [3.05, 3.63) is 35.4 Å². The predicted octanol–water partition coefficient (Wildman–Crippen LogP) is 1.70. The topological polar surface area (TPSA) is 49.8 Å². The van der Waals surface area contributed by atoms with Crippen molar-refractivity contribution < 1.29 is 14.6 Å². The molecule has 1 aromatic carbocycles. The highest BCUT2D eigenvalue weighted by Gasteiger charge is 2.21. The molecule has 0 aliphatic carbocycles. The monoisotopic (exact) mass is 263 g/mol. The molecule has 0 bridgehead atoms. The lowest BCUT2D eigenvalue weighted by Crippen LogP contribution is -2.29. The maximum absolute atomic E-state index is 11.4. The van der Waals surface area contributed by atoms with Crippen LogP contribution in [0.25, 0.3) is 0 Å². The Bertz CT molecular complexity index is 439. The maximum atomic E-state index is 11.4.